The van der Waals surface area contributed by atoms with E-state index in [9.17, 15) is 9.90 Å². The molecule has 29 heavy (non-hydrogen) atoms. The van der Waals surface area contributed by atoms with Crippen molar-refractivity contribution in [2.75, 3.05) is 13.1 Å². The van der Waals surface area contributed by atoms with Gasteiger partial charge in [0.1, 0.15) is 0 Å². The number of fused-ring (bicyclic) bond motifs is 3. The van der Waals surface area contributed by atoms with Crippen molar-refractivity contribution in [1.29, 1.82) is 0 Å². The van der Waals surface area contributed by atoms with E-state index in [0.717, 1.165) is 45.2 Å². The number of hydrogen-bond acceptors (Lipinski definition) is 3. The van der Waals surface area contributed by atoms with E-state index in [2.05, 4.69) is 29.3 Å². The van der Waals surface area contributed by atoms with E-state index in [1.165, 1.54) is 16.7 Å². The van der Waals surface area contributed by atoms with Crippen molar-refractivity contribution in [3.63, 3.8) is 0 Å². The minimum Gasteiger partial charge on any atom is -0.393 e. The molecule has 3 aliphatic rings. The second-order valence-electron chi connectivity index (χ2n) is 9.98. The third-order valence-electron chi connectivity index (χ3n) is 6.99. The zero-order valence-electron chi connectivity index (χ0n) is 18.0. The molecule has 0 aromatic heterocycles. The molecule has 2 unspecified atom stereocenters. The first-order valence-corrected chi connectivity index (χ1v) is 11.1. The summed E-state index contributed by atoms with van der Waals surface area (Å²) in [5, 5.41) is 11.2. The Kier molecular flexibility index (Phi) is 5.65. The highest BCUT2D eigenvalue weighted by atomic mass is 16.3. The van der Waals surface area contributed by atoms with E-state index in [4.69, 9.17) is 0 Å². The van der Waals surface area contributed by atoms with Gasteiger partial charge >= 0.3 is 0 Å². The van der Waals surface area contributed by atoms with Gasteiger partial charge < -0.3 is 10.0 Å². The molecular weight excluding hydrogens is 360 g/mol. The van der Waals surface area contributed by atoms with E-state index in [1.807, 2.05) is 38.1 Å². The summed E-state index contributed by atoms with van der Waals surface area (Å²) in [6.45, 7) is 7.48. The summed E-state index contributed by atoms with van der Waals surface area (Å²) in [5.41, 5.74) is 3.71. The summed E-state index contributed by atoms with van der Waals surface area (Å²) in [5.74, 6) is 1.32. The molecule has 0 spiro atoms. The molecule has 1 aromatic rings. The fraction of sp³-hybridized carbons (Fsp3) is 0.600. The van der Waals surface area contributed by atoms with Gasteiger partial charge in [-0.3, -0.25) is 9.79 Å². The van der Waals surface area contributed by atoms with Crippen molar-refractivity contribution in [1.82, 2.24) is 4.90 Å². The zero-order chi connectivity index (χ0) is 20.6. The summed E-state index contributed by atoms with van der Waals surface area (Å²) >= 11 is 0. The van der Waals surface area contributed by atoms with Crippen LogP contribution in [-0.2, 0) is 4.79 Å². The molecule has 2 aliphatic heterocycles. The molecule has 1 N–H and O–H groups in total. The second-order valence-corrected chi connectivity index (χ2v) is 9.98. The van der Waals surface area contributed by atoms with Crippen molar-refractivity contribution < 1.29 is 9.90 Å². The molecule has 1 fully saturated rings. The van der Waals surface area contributed by atoms with E-state index in [0.29, 0.717) is 11.8 Å². The van der Waals surface area contributed by atoms with Gasteiger partial charge in [-0.1, -0.05) is 45.0 Å². The first kappa shape index (κ1) is 20.3. The molecule has 4 heteroatoms. The first-order chi connectivity index (χ1) is 13.9. The van der Waals surface area contributed by atoms with Crippen molar-refractivity contribution in [2.45, 2.75) is 64.9 Å². The van der Waals surface area contributed by atoms with Gasteiger partial charge in [0.05, 0.1) is 6.10 Å². The Hall–Kier alpha value is -1.94. The van der Waals surface area contributed by atoms with Gasteiger partial charge in [0, 0.05) is 30.9 Å². The van der Waals surface area contributed by atoms with Gasteiger partial charge in [0.25, 0.3) is 0 Å². The second kappa shape index (κ2) is 8.06. The van der Waals surface area contributed by atoms with Crippen LogP contribution in [-0.4, -0.2) is 41.3 Å². The van der Waals surface area contributed by atoms with Crippen LogP contribution in [0.15, 0.2) is 35.5 Å². The van der Waals surface area contributed by atoms with E-state index in [-0.39, 0.29) is 23.3 Å². The van der Waals surface area contributed by atoms with Crippen molar-refractivity contribution >= 4 is 17.7 Å². The summed E-state index contributed by atoms with van der Waals surface area (Å²) in [7, 11) is 0. The molecule has 1 saturated heterocycles. The molecular formula is C25H34N2O2. The van der Waals surface area contributed by atoms with Gasteiger partial charge in [-0.2, -0.15) is 0 Å². The van der Waals surface area contributed by atoms with Crippen molar-refractivity contribution in [3.8, 4) is 0 Å². The Morgan fingerprint density at radius 1 is 1.21 bits per heavy atom. The molecule has 2 heterocycles. The highest BCUT2D eigenvalue weighted by molar-refractivity contribution is 5.81. The lowest BCUT2D eigenvalue weighted by atomic mass is 9.79. The van der Waals surface area contributed by atoms with Crippen LogP contribution >= 0.6 is 0 Å². The van der Waals surface area contributed by atoms with Crippen LogP contribution in [0.1, 0.15) is 69.9 Å². The van der Waals surface area contributed by atoms with Crippen LogP contribution in [0.2, 0.25) is 0 Å². The molecule has 4 nitrogen and oxygen atoms in total. The van der Waals surface area contributed by atoms with Crippen LogP contribution in [0.25, 0.3) is 5.57 Å². The Labute approximate surface area is 174 Å². The Morgan fingerprint density at radius 3 is 2.66 bits per heavy atom. The van der Waals surface area contributed by atoms with Crippen molar-refractivity contribution in [2.24, 2.45) is 22.2 Å². The van der Waals surface area contributed by atoms with Crippen LogP contribution < -0.4 is 0 Å². The van der Waals surface area contributed by atoms with E-state index < -0.39 is 0 Å². The van der Waals surface area contributed by atoms with Crippen LogP contribution in [0.4, 0.5) is 0 Å². The lowest BCUT2D eigenvalue weighted by Gasteiger charge is -2.38. The number of piperidine rings is 1. The third-order valence-corrected chi connectivity index (χ3v) is 6.99. The normalized spacial score (nSPS) is 25.8. The number of aliphatic hydroxyl groups excluding tert-OH is 1. The average Bonchev–Trinajstić information content (AvgIpc) is 2.86. The van der Waals surface area contributed by atoms with Crippen LogP contribution in [0.3, 0.4) is 0 Å². The number of hydrogen-bond donors (Lipinski definition) is 1. The number of nitrogens with zero attached hydrogens (tertiary/aromatic N) is 2. The number of rotatable bonds is 3. The van der Waals surface area contributed by atoms with Crippen LogP contribution in [0, 0.1) is 17.3 Å². The first-order valence-electron chi connectivity index (χ1n) is 11.1. The number of allylic oxidation sites excluding steroid dienone is 1. The van der Waals surface area contributed by atoms with Crippen LogP contribution in [0.5, 0.6) is 0 Å². The van der Waals surface area contributed by atoms with Gasteiger partial charge in [0.15, 0.2) is 0 Å². The average molecular weight is 395 g/mol. The number of aliphatic hydroxyl groups is 1. The van der Waals surface area contributed by atoms with Crippen molar-refractivity contribution in [3.05, 3.63) is 41.6 Å². The monoisotopic (exact) mass is 394 g/mol. The van der Waals surface area contributed by atoms with E-state index in [1.54, 1.807) is 0 Å². The summed E-state index contributed by atoms with van der Waals surface area (Å²) in [6, 6.07) is 8.66. The molecule has 0 saturated carbocycles. The molecule has 4 rings (SSSR count). The maximum absolute atomic E-state index is 12.5. The minimum absolute atomic E-state index is 0.225. The molecule has 156 valence electrons. The summed E-state index contributed by atoms with van der Waals surface area (Å²) in [6.07, 6.45) is 8.43. The van der Waals surface area contributed by atoms with Gasteiger partial charge in [-0.05, 0) is 66.6 Å². The van der Waals surface area contributed by atoms with Gasteiger partial charge in [0.2, 0.25) is 5.91 Å². The summed E-state index contributed by atoms with van der Waals surface area (Å²) < 4.78 is 0. The lowest BCUT2D eigenvalue weighted by molar-refractivity contribution is -0.141. The molecule has 1 amide bonds. The highest BCUT2D eigenvalue weighted by Gasteiger charge is 2.39. The number of aliphatic imine (C=N–C) groups is 1. The predicted octanol–water partition coefficient (Wildman–Crippen LogP) is 4.64. The Bertz CT molecular complexity index is 812. The molecule has 0 radical (unpaired) electrons. The number of amides is 1. The van der Waals surface area contributed by atoms with Gasteiger partial charge in [-0.15, -0.1) is 0 Å². The maximum atomic E-state index is 12.5. The molecule has 3 atom stereocenters. The predicted molar refractivity (Wildman–Crippen MR) is 118 cm³/mol. The summed E-state index contributed by atoms with van der Waals surface area (Å²) in [4.78, 5) is 19.0. The fourth-order valence-corrected chi connectivity index (χ4v) is 5.41. The highest BCUT2D eigenvalue weighted by Crippen LogP contribution is 2.51. The third kappa shape index (κ3) is 4.05. The number of carbonyl (C=O) groups excluding carboxylic acids is 1. The Balaban J connectivity index is 1.44. The smallest absolute Gasteiger partial charge is 0.227 e. The lowest BCUT2D eigenvalue weighted by Crippen LogP contribution is -2.45. The van der Waals surface area contributed by atoms with Gasteiger partial charge in [-0.25, -0.2) is 0 Å². The fourth-order valence-electron chi connectivity index (χ4n) is 5.41. The quantitative estimate of drug-likeness (QED) is 0.812. The SMILES string of the molecule is CC(C)(C)C(=O)N1CCC(C(O)CC2c3ccccc3C3=CN=CCC[C@@H]32)CC1. The molecule has 1 aliphatic carbocycles. The zero-order valence-corrected chi connectivity index (χ0v) is 18.0. The number of likely N-dealkylation sites (tertiary alicyclic amines) is 1. The largest absolute Gasteiger partial charge is 0.393 e. The molecule has 1 aromatic carbocycles. The topological polar surface area (TPSA) is 52.9 Å². The number of benzene rings is 1. The van der Waals surface area contributed by atoms with E-state index >= 15 is 0 Å². The standard InChI is InChI=1S/C25H34N2O2/c1-25(2,3)24(29)27-13-10-17(11-14-27)23(28)15-21-18-7-4-5-8-19(18)22-16-26-12-6-9-20(21)22/h4-5,7-8,12,16-17,20-21,23,28H,6,9-11,13-15H2,1-3H3/t20-,21?,23?/m1/s1. The Morgan fingerprint density at radius 2 is 1.93 bits per heavy atom. The minimum atomic E-state index is -0.330. The maximum Gasteiger partial charge on any atom is 0.227 e. The number of carbonyl (C=O) groups is 1. The molecule has 0 bridgehead atoms.